The zero-order valence-electron chi connectivity index (χ0n) is 9.95. The van der Waals surface area contributed by atoms with Crippen LogP contribution in [0.1, 0.15) is 12.5 Å². The predicted octanol–water partition coefficient (Wildman–Crippen LogP) is 3.94. The number of anilines is 1. The van der Waals surface area contributed by atoms with Gasteiger partial charge in [0, 0.05) is 10.5 Å². The predicted molar refractivity (Wildman–Crippen MR) is 66.4 cm³/mol. The van der Waals surface area contributed by atoms with Gasteiger partial charge in [-0.3, -0.25) is 15.4 Å². The molecule has 6 nitrogen and oxygen atoms in total. The van der Waals surface area contributed by atoms with E-state index in [-0.39, 0.29) is 11.1 Å². The molecule has 0 aliphatic heterocycles. The third kappa shape index (κ3) is 3.83. The fourth-order valence-corrected chi connectivity index (χ4v) is 1.81. The SMILES string of the molecule is CCOC(=O)Nc1c([N+](=O)[O-])cc(Br)cc1C(F)(F)F. The maximum atomic E-state index is 12.9. The molecule has 1 aromatic rings. The summed E-state index contributed by atoms with van der Waals surface area (Å²) in [4.78, 5) is 21.0. The van der Waals surface area contributed by atoms with Crippen molar-refractivity contribution in [2.75, 3.05) is 11.9 Å². The zero-order valence-corrected chi connectivity index (χ0v) is 11.5. The Labute approximate surface area is 119 Å². The number of nitrogens with zero attached hydrogens (tertiary/aromatic N) is 1. The lowest BCUT2D eigenvalue weighted by molar-refractivity contribution is -0.384. The van der Waals surface area contributed by atoms with E-state index in [2.05, 4.69) is 20.7 Å². The van der Waals surface area contributed by atoms with E-state index >= 15 is 0 Å². The number of alkyl halides is 3. The maximum absolute atomic E-state index is 12.9. The molecule has 20 heavy (non-hydrogen) atoms. The molecule has 0 unspecified atom stereocenters. The molecule has 0 radical (unpaired) electrons. The van der Waals surface area contributed by atoms with Gasteiger partial charge in [0.2, 0.25) is 0 Å². The van der Waals surface area contributed by atoms with E-state index in [1.807, 2.05) is 0 Å². The lowest BCUT2D eigenvalue weighted by Crippen LogP contribution is -2.19. The molecule has 1 N–H and O–H groups in total. The molecule has 0 heterocycles. The Hall–Kier alpha value is -1.84. The van der Waals surface area contributed by atoms with Gasteiger partial charge in [-0.1, -0.05) is 15.9 Å². The third-order valence-corrected chi connectivity index (χ3v) is 2.54. The normalized spacial score (nSPS) is 11.1. The van der Waals surface area contributed by atoms with Crippen molar-refractivity contribution in [2.45, 2.75) is 13.1 Å². The van der Waals surface area contributed by atoms with Crippen molar-refractivity contribution in [1.82, 2.24) is 0 Å². The van der Waals surface area contributed by atoms with E-state index in [1.165, 1.54) is 6.92 Å². The summed E-state index contributed by atoms with van der Waals surface area (Å²) in [5.74, 6) is 0. The Morgan fingerprint density at radius 2 is 2.10 bits per heavy atom. The number of halogens is 4. The minimum absolute atomic E-state index is 0.0858. The van der Waals surface area contributed by atoms with Gasteiger partial charge in [0.25, 0.3) is 5.69 Å². The van der Waals surface area contributed by atoms with Gasteiger partial charge in [0.15, 0.2) is 0 Å². The van der Waals surface area contributed by atoms with Crippen molar-refractivity contribution in [1.29, 1.82) is 0 Å². The number of rotatable bonds is 3. The number of nitro groups is 1. The van der Waals surface area contributed by atoms with Crippen LogP contribution < -0.4 is 5.32 Å². The lowest BCUT2D eigenvalue weighted by atomic mass is 10.1. The van der Waals surface area contributed by atoms with Gasteiger partial charge in [0.05, 0.1) is 17.1 Å². The Balaban J connectivity index is 3.42. The molecule has 0 aliphatic rings. The number of nitrogens with one attached hydrogen (secondary N) is 1. The highest BCUT2D eigenvalue weighted by Gasteiger charge is 2.38. The summed E-state index contributed by atoms with van der Waals surface area (Å²) in [6.45, 7) is 1.36. The molecule has 0 atom stereocenters. The van der Waals surface area contributed by atoms with E-state index in [0.29, 0.717) is 6.07 Å². The molecule has 1 rings (SSSR count). The van der Waals surface area contributed by atoms with Crippen LogP contribution in [0.15, 0.2) is 16.6 Å². The first kappa shape index (κ1) is 16.2. The molecular formula is C10H8BrF3N2O4. The Morgan fingerprint density at radius 3 is 2.55 bits per heavy atom. The molecular weight excluding hydrogens is 349 g/mol. The van der Waals surface area contributed by atoms with Gasteiger partial charge < -0.3 is 4.74 Å². The highest BCUT2D eigenvalue weighted by atomic mass is 79.9. The van der Waals surface area contributed by atoms with Gasteiger partial charge in [-0.05, 0) is 13.0 Å². The van der Waals surface area contributed by atoms with Gasteiger partial charge >= 0.3 is 12.3 Å². The first-order valence-electron chi connectivity index (χ1n) is 5.15. The number of carbonyl (C=O) groups is 1. The van der Waals surface area contributed by atoms with Gasteiger partial charge in [0.1, 0.15) is 5.69 Å². The van der Waals surface area contributed by atoms with E-state index < -0.39 is 34.1 Å². The maximum Gasteiger partial charge on any atom is 0.418 e. The van der Waals surface area contributed by atoms with E-state index in [0.717, 1.165) is 6.07 Å². The summed E-state index contributed by atoms with van der Waals surface area (Å²) < 4.78 is 42.9. The van der Waals surface area contributed by atoms with Crippen LogP contribution in [0.4, 0.5) is 29.3 Å². The first-order chi connectivity index (χ1) is 9.16. The van der Waals surface area contributed by atoms with Crippen molar-refractivity contribution < 1.29 is 27.6 Å². The van der Waals surface area contributed by atoms with Gasteiger partial charge in [-0.25, -0.2) is 4.79 Å². The van der Waals surface area contributed by atoms with Crippen molar-refractivity contribution in [3.05, 3.63) is 32.3 Å². The largest absolute Gasteiger partial charge is 0.450 e. The second kappa shape index (κ2) is 6.07. The van der Waals surface area contributed by atoms with Crippen LogP contribution in [0.25, 0.3) is 0 Å². The van der Waals surface area contributed by atoms with Crippen LogP contribution in [0.2, 0.25) is 0 Å². The highest BCUT2D eigenvalue weighted by molar-refractivity contribution is 9.10. The summed E-state index contributed by atoms with van der Waals surface area (Å²) in [5, 5.41) is 12.6. The van der Waals surface area contributed by atoms with E-state index in [9.17, 15) is 28.1 Å². The lowest BCUT2D eigenvalue weighted by Gasteiger charge is -2.14. The Kier molecular flexibility index (Phi) is 4.93. The third-order valence-electron chi connectivity index (χ3n) is 2.09. The van der Waals surface area contributed by atoms with Crippen LogP contribution >= 0.6 is 15.9 Å². The van der Waals surface area contributed by atoms with Crippen LogP contribution in [0, 0.1) is 10.1 Å². The molecule has 1 amide bonds. The number of amides is 1. The molecule has 0 saturated carbocycles. The smallest absolute Gasteiger partial charge is 0.418 e. The fraction of sp³-hybridized carbons (Fsp3) is 0.300. The second-order valence-electron chi connectivity index (χ2n) is 3.45. The molecule has 10 heteroatoms. The van der Waals surface area contributed by atoms with Gasteiger partial charge in [-0.15, -0.1) is 0 Å². The minimum atomic E-state index is -4.87. The Bertz CT molecular complexity index is 548. The molecule has 0 aromatic heterocycles. The van der Waals surface area contributed by atoms with Crippen molar-refractivity contribution >= 4 is 33.4 Å². The molecule has 0 aliphatic carbocycles. The summed E-state index contributed by atoms with van der Waals surface area (Å²) in [5.41, 5.74) is -3.18. The molecule has 0 bridgehead atoms. The number of benzene rings is 1. The minimum Gasteiger partial charge on any atom is -0.450 e. The van der Waals surface area contributed by atoms with E-state index in [1.54, 1.807) is 5.32 Å². The van der Waals surface area contributed by atoms with Crippen LogP contribution in [-0.2, 0) is 10.9 Å². The topological polar surface area (TPSA) is 81.5 Å². The second-order valence-corrected chi connectivity index (χ2v) is 4.36. The number of ether oxygens (including phenoxy) is 1. The molecule has 0 saturated heterocycles. The summed E-state index contributed by atoms with van der Waals surface area (Å²) in [7, 11) is 0. The summed E-state index contributed by atoms with van der Waals surface area (Å²) >= 11 is 2.76. The van der Waals surface area contributed by atoms with Crippen LogP contribution in [0.5, 0.6) is 0 Å². The van der Waals surface area contributed by atoms with Crippen LogP contribution in [0.3, 0.4) is 0 Å². The molecule has 0 fully saturated rings. The van der Waals surface area contributed by atoms with Crippen molar-refractivity contribution in [2.24, 2.45) is 0 Å². The Morgan fingerprint density at radius 1 is 1.50 bits per heavy atom. The van der Waals surface area contributed by atoms with E-state index in [4.69, 9.17) is 0 Å². The first-order valence-corrected chi connectivity index (χ1v) is 5.95. The molecule has 1 aromatic carbocycles. The number of carbonyl (C=O) groups excluding carboxylic acids is 1. The number of nitro benzene ring substituents is 1. The number of hydrogen-bond donors (Lipinski definition) is 1. The average molecular weight is 357 g/mol. The van der Waals surface area contributed by atoms with Gasteiger partial charge in [-0.2, -0.15) is 13.2 Å². The van der Waals surface area contributed by atoms with Crippen LogP contribution in [-0.4, -0.2) is 17.6 Å². The summed E-state index contributed by atoms with van der Waals surface area (Å²) in [6.07, 6.45) is -6.08. The monoisotopic (exact) mass is 356 g/mol. The molecule has 0 spiro atoms. The number of hydrogen-bond acceptors (Lipinski definition) is 4. The average Bonchev–Trinajstić information content (AvgIpc) is 2.29. The highest BCUT2D eigenvalue weighted by Crippen LogP contribution is 2.41. The standard InChI is InChI=1S/C10H8BrF3N2O4/c1-2-20-9(17)15-8-6(10(12,13)14)3-5(11)4-7(8)16(18)19/h3-4H,2H2,1H3,(H,15,17). The zero-order chi connectivity index (χ0) is 15.5. The van der Waals surface area contributed by atoms with Crippen molar-refractivity contribution in [3.63, 3.8) is 0 Å². The van der Waals surface area contributed by atoms with Crippen molar-refractivity contribution in [3.8, 4) is 0 Å². The summed E-state index contributed by atoms with van der Waals surface area (Å²) in [6, 6.07) is 1.49. The molecule has 110 valence electrons. The fourth-order valence-electron chi connectivity index (χ4n) is 1.36. The quantitative estimate of drug-likeness (QED) is 0.656.